The molecule has 0 aliphatic rings. The quantitative estimate of drug-likeness (QED) is 0.671. The fourth-order valence-electron chi connectivity index (χ4n) is 2.04. The molecule has 92 valence electrons. The van der Waals surface area contributed by atoms with Gasteiger partial charge in [-0.25, -0.2) is 4.98 Å². The number of fused-ring (bicyclic) bond motifs is 1. The number of imidazole rings is 1. The van der Waals surface area contributed by atoms with E-state index in [2.05, 4.69) is 16.0 Å². The molecule has 1 aromatic carbocycles. The van der Waals surface area contributed by atoms with Crippen molar-refractivity contribution in [2.45, 2.75) is 5.88 Å². The Labute approximate surface area is 114 Å². The van der Waals surface area contributed by atoms with Crippen LogP contribution in [-0.4, -0.2) is 14.5 Å². The van der Waals surface area contributed by atoms with Crippen molar-refractivity contribution in [1.29, 1.82) is 5.26 Å². The fraction of sp³-hybridized carbons (Fsp3) is 0.0714. The molecule has 3 aromatic rings. The summed E-state index contributed by atoms with van der Waals surface area (Å²) in [5.74, 6) is 1.07. The predicted molar refractivity (Wildman–Crippen MR) is 73.1 cm³/mol. The molecule has 0 spiro atoms. The van der Waals surface area contributed by atoms with Crippen molar-refractivity contribution in [1.82, 2.24) is 14.5 Å². The van der Waals surface area contributed by atoms with E-state index < -0.39 is 0 Å². The monoisotopic (exact) mass is 268 g/mol. The number of rotatable bonds is 2. The summed E-state index contributed by atoms with van der Waals surface area (Å²) in [5.41, 5.74) is 3.32. The van der Waals surface area contributed by atoms with E-state index in [0.717, 1.165) is 22.5 Å². The summed E-state index contributed by atoms with van der Waals surface area (Å²) in [5, 5.41) is 8.83. The third-order valence-corrected chi connectivity index (χ3v) is 3.14. The van der Waals surface area contributed by atoms with Gasteiger partial charge >= 0.3 is 0 Å². The summed E-state index contributed by atoms with van der Waals surface area (Å²) in [4.78, 5) is 8.51. The second kappa shape index (κ2) is 4.71. The molecule has 19 heavy (non-hydrogen) atoms. The van der Waals surface area contributed by atoms with Crippen LogP contribution in [0.3, 0.4) is 0 Å². The first kappa shape index (κ1) is 11.7. The fourth-order valence-corrected chi connectivity index (χ4v) is 2.22. The van der Waals surface area contributed by atoms with Crippen molar-refractivity contribution in [2.24, 2.45) is 0 Å². The van der Waals surface area contributed by atoms with E-state index in [1.165, 1.54) is 0 Å². The zero-order chi connectivity index (χ0) is 13.2. The number of nitriles is 1. The van der Waals surface area contributed by atoms with Crippen LogP contribution in [0.2, 0.25) is 0 Å². The van der Waals surface area contributed by atoms with Crippen LogP contribution in [-0.2, 0) is 5.88 Å². The first-order chi connectivity index (χ1) is 9.33. The topological polar surface area (TPSA) is 54.5 Å². The molecule has 0 aliphatic heterocycles. The number of benzene rings is 1. The van der Waals surface area contributed by atoms with Crippen molar-refractivity contribution in [3.8, 4) is 11.8 Å². The molecule has 0 aliphatic carbocycles. The maximum atomic E-state index is 8.83. The number of alkyl halides is 1. The normalized spacial score (nSPS) is 10.5. The Balaban J connectivity index is 2.25. The van der Waals surface area contributed by atoms with Crippen LogP contribution in [0, 0.1) is 11.3 Å². The number of hydrogen-bond acceptors (Lipinski definition) is 3. The molecule has 0 fully saturated rings. The lowest BCUT2D eigenvalue weighted by molar-refractivity contribution is 0.981. The molecule has 2 aromatic heterocycles. The second-order valence-corrected chi connectivity index (χ2v) is 4.29. The highest BCUT2D eigenvalue weighted by Crippen LogP contribution is 2.22. The lowest BCUT2D eigenvalue weighted by Crippen LogP contribution is -1.99. The molecular weight excluding hydrogens is 260 g/mol. The Kier molecular flexibility index (Phi) is 2.90. The van der Waals surface area contributed by atoms with Gasteiger partial charge in [-0.3, -0.25) is 9.55 Å². The van der Waals surface area contributed by atoms with Gasteiger partial charge in [-0.15, -0.1) is 11.6 Å². The average Bonchev–Trinajstić information content (AvgIpc) is 2.86. The minimum atomic E-state index is 0.314. The third kappa shape index (κ3) is 1.94. The number of hydrogen-bond donors (Lipinski definition) is 0. The molecule has 0 atom stereocenters. The maximum absolute atomic E-state index is 8.83. The molecule has 0 saturated heterocycles. The molecule has 3 rings (SSSR count). The molecule has 0 amide bonds. The zero-order valence-corrected chi connectivity index (χ0v) is 10.7. The van der Waals surface area contributed by atoms with Crippen molar-refractivity contribution >= 4 is 22.6 Å². The number of aromatic nitrogens is 3. The van der Waals surface area contributed by atoms with E-state index in [9.17, 15) is 0 Å². The summed E-state index contributed by atoms with van der Waals surface area (Å²) in [7, 11) is 0. The molecular formula is C14H9ClN4. The first-order valence-electron chi connectivity index (χ1n) is 5.71. The minimum Gasteiger partial charge on any atom is -0.295 e. The van der Waals surface area contributed by atoms with Crippen LogP contribution in [0.5, 0.6) is 0 Å². The Morgan fingerprint density at radius 3 is 2.68 bits per heavy atom. The summed E-state index contributed by atoms with van der Waals surface area (Å²) < 4.78 is 1.98. The van der Waals surface area contributed by atoms with E-state index >= 15 is 0 Å². The summed E-state index contributed by atoms with van der Waals surface area (Å²) >= 11 is 5.96. The SMILES string of the molecule is N#Cc1ccc(-n2c(CCl)nc3cnccc32)cc1. The van der Waals surface area contributed by atoms with Gasteiger partial charge in [0.05, 0.1) is 29.2 Å². The van der Waals surface area contributed by atoms with Gasteiger partial charge in [-0.2, -0.15) is 5.26 Å². The van der Waals surface area contributed by atoms with Crippen LogP contribution >= 0.6 is 11.6 Å². The molecule has 0 N–H and O–H groups in total. The summed E-state index contributed by atoms with van der Waals surface area (Å²) in [6, 6.07) is 11.3. The Morgan fingerprint density at radius 2 is 2.00 bits per heavy atom. The second-order valence-electron chi connectivity index (χ2n) is 4.02. The van der Waals surface area contributed by atoms with Gasteiger partial charge in [0.15, 0.2) is 0 Å². The number of pyridine rings is 1. The highest BCUT2D eigenvalue weighted by Gasteiger charge is 2.11. The summed E-state index contributed by atoms with van der Waals surface area (Å²) in [6.45, 7) is 0. The minimum absolute atomic E-state index is 0.314. The van der Waals surface area contributed by atoms with Gasteiger partial charge < -0.3 is 0 Å². The van der Waals surface area contributed by atoms with Crippen molar-refractivity contribution in [3.05, 3.63) is 54.1 Å². The van der Waals surface area contributed by atoms with E-state index in [4.69, 9.17) is 16.9 Å². The van der Waals surface area contributed by atoms with Crippen LogP contribution in [0.4, 0.5) is 0 Å². The lowest BCUT2D eigenvalue weighted by Gasteiger charge is -2.07. The van der Waals surface area contributed by atoms with Crippen molar-refractivity contribution < 1.29 is 0 Å². The van der Waals surface area contributed by atoms with Crippen molar-refractivity contribution in [2.75, 3.05) is 0 Å². The lowest BCUT2D eigenvalue weighted by atomic mass is 10.2. The maximum Gasteiger partial charge on any atom is 0.129 e. The van der Waals surface area contributed by atoms with Gasteiger partial charge in [0.2, 0.25) is 0 Å². The van der Waals surface area contributed by atoms with E-state index in [0.29, 0.717) is 11.4 Å². The standard InChI is InChI=1S/C14H9ClN4/c15-7-14-18-12-9-17-6-5-13(12)19(14)11-3-1-10(8-16)2-4-11/h1-6,9H,7H2. The highest BCUT2D eigenvalue weighted by molar-refractivity contribution is 6.17. The van der Waals surface area contributed by atoms with Crippen LogP contribution in [0.25, 0.3) is 16.7 Å². The molecule has 0 bridgehead atoms. The van der Waals surface area contributed by atoms with Gasteiger partial charge in [0.25, 0.3) is 0 Å². The smallest absolute Gasteiger partial charge is 0.129 e. The predicted octanol–water partition coefficient (Wildman–Crippen LogP) is 3.03. The molecule has 4 nitrogen and oxygen atoms in total. The average molecular weight is 269 g/mol. The van der Waals surface area contributed by atoms with Crippen LogP contribution in [0.1, 0.15) is 11.4 Å². The van der Waals surface area contributed by atoms with Gasteiger partial charge in [-0.05, 0) is 30.3 Å². The molecule has 0 radical (unpaired) electrons. The number of nitrogens with zero attached hydrogens (tertiary/aromatic N) is 4. The van der Waals surface area contributed by atoms with E-state index in [-0.39, 0.29) is 0 Å². The summed E-state index contributed by atoms with van der Waals surface area (Å²) in [6.07, 6.45) is 3.44. The van der Waals surface area contributed by atoms with Gasteiger partial charge in [0.1, 0.15) is 11.3 Å². The van der Waals surface area contributed by atoms with E-state index in [1.54, 1.807) is 24.5 Å². The number of halogens is 1. The van der Waals surface area contributed by atoms with Gasteiger partial charge in [0, 0.05) is 11.9 Å². The van der Waals surface area contributed by atoms with Crippen molar-refractivity contribution in [3.63, 3.8) is 0 Å². The van der Waals surface area contributed by atoms with E-state index in [1.807, 2.05) is 22.8 Å². The molecule has 0 saturated carbocycles. The molecule has 2 heterocycles. The highest BCUT2D eigenvalue weighted by atomic mass is 35.5. The zero-order valence-electron chi connectivity index (χ0n) is 9.92. The largest absolute Gasteiger partial charge is 0.295 e. The van der Waals surface area contributed by atoms with Crippen LogP contribution in [0.15, 0.2) is 42.7 Å². The Hall–Kier alpha value is -2.38. The Bertz CT molecular complexity index is 768. The molecule has 5 heteroatoms. The first-order valence-corrected chi connectivity index (χ1v) is 6.25. The van der Waals surface area contributed by atoms with Gasteiger partial charge in [-0.1, -0.05) is 0 Å². The Morgan fingerprint density at radius 1 is 1.21 bits per heavy atom. The molecule has 0 unspecified atom stereocenters. The van der Waals surface area contributed by atoms with Crippen LogP contribution < -0.4 is 0 Å². The third-order valence-electron chi connectivity index (χ3n) is 2.90.